The minimum Gasteiger partial charge on any atom is -0.322 e. The van der Waals surface area contributed by atoms with Crippen molar-refractivity contribution in [3.63, 3.8) is 0 Å². The van der Waals surface area contributed by atoms with E-state index in [0.29, 0.717) is 29.0 Å². The SMILES string of the molecule is Cc1ccc(S(=O)(=O)N2CCC(c3cc(F)cc4c3CN(C3CCC(=O)NC3=O)C4=O)CC2)cc1Cl. The monoisotopic (exact) mass is 533 g/mol. The van der Waals surface area contributed by atoms with Gasteiger partial charge in [0.15, 0.2) is 0 Å². The van der Waals surface area contributed by atoms with E-state index in [-0.39, 0.29) is 54.8 Å². The Labute approximate surface area is 213 Å². The third kappa shape index (κ3) is 4.31. The molecule has 0 aliphatic carbocycles. The lowest BCUT2D eigenvalue weighted by Gasteiger charge is -2.32. The summed E-state index contributed by atoms with van der Waals surface area (Å²) in [6.45, 7) is 2.44. The Morgan fingerprint density at radius 1 is 1.06 bits per heavy atom. The van der Waals surface area contributed by atoms with Crippen molar-refractivity contribution in [3.05, 3.63) is 63.4 Å². The van der Waals surface area contributed by atoms with Gasteiger partial charge in [0, 0.05) is 36.6 Å². The van der Waals surface area contributed by atoms with Crippen LogP contribution in [0.25, 0.3) is 0 Å². The number of nitrogens with one attached hydrogen (secondary N) is 1. The molecule has 3 aliphatic rings. The van der Waals surface area contributed by atoms with E-state index in [0.717, 1.165) is 5.56 Å². The zero-order chi connectivity index (χ0) is 25.8. The molecule has 0 saturated carbocycles. The summed E-state index contributed by atoms with van der Waals surface area (Å²) in [7, 11) is -3.73. The lowest BCUT2D eigenvalue weighted by molar-refractivity contribution is -0.136. The lowest BCUT2D eigenvalue weighted by Crippen LogP contribution is -2.52. The number of carbonyl (C=O) groups is 3. The van der Waals surface area contributed by atoms with Gasteiger partial charge in [0.25, 0.3) is 5.91 Å². The maximum atomic E-state index is 14.6. The summed E-state index contributed by atoms with van der Waals surface area (Å²) in [5.41, 5.74) is 2.34. The number of halogens is 2. The summed E-state index contributed by atoms with van der Waals surface area (Å²) in [5, 5.41) is 2.65. The van der Waals surface area contributed by atoms with Crippen molar-refractivity contribution in [2.24, 2.45) is 0 Å². The summed E-state index contributed by atoms with van der Waals surface area (Å²) in [4.78, 5) is 38.5. The minimum absolute atomic E-state index is 0.133. The Bertz CT molecular complexity index is 1390. The highest BCUT2D eigenvalue weighted by Crippen LogP contribution is 2.38. The second-order valence-electron chi connectivity index (χ2n) is 9.51. The molecule has 1 N–H and O–H groups in total. The number of nitrogens with zero attached hydrogens (tertiary/aromatic N) is 2. The first-order valence-electron chi connectivity index (χ1n) is 11.8. The molecule has 8 nitrogen and oxygen atoms in total. The van der Waals surface area contributed by atoms with Crippen LogP contribution in [0, 0.1) is 12.7 Å². The van der Waals surface area contributed by atoms with Crippen LogP contribution in [-0.4, -0.2) is 54.5 Å². The fourth-order valence-electron chi connectivity index (χ4n) is 5.31. The van der Waals surface area contributed by atoms with Crippen molar-refractivity contribution in [2.75, 3.05) is 13.1 Å². The normalized spacial score (nSPS) is 21.6. The van der Waals surface area contributed by atoms with E-state index in [2.05, 4.69) is 5.32 Å². The molecule has 5 rings (SSSR count). The molecule has 1 unspecified atom stereocenters. The maximum Gasteiger partial charge on any atom is 0.255 e. The zero-order valence-electron chi connectivity index (χ0n) is 19.6. The van der Waals surface area contributed by atoms with Crippen molar-refractivity contribution in [1.82, 2.24) is 14.5 Å². The topological polar surface area (TPSA) is 104 Å². The van der Waals surface area contributed by atoms with Crippen LogP contribution in [0.4, 0.5) is 4.39 Å². The molecule has 2 fully saturated rings. The number of piperidine rings is 2. The van der Waals surface area contributed by atoms with Gasteiger partial charge in [-0.05, 0) is 73.1 Å². The van der Waals surface area contributed by atoms with E-state index in [1.54, 1.807) is 13.0 Å². The van der Waals surface area contributed by atoms with Crippen LogP contribution in [0.1, 0.15) is 58.6 Å². The molecule has 3 amide bonds. The maximum absolute atomic E-state index is 14.6. The van der Waals surface area contributed by atoms with Crippen molar-refractivity contribution in [3.8, 4) is 0 Å². The molecule has 11 heteroatoms. The molecule has 0 bridgehead atoms. The highest BCUT2D eigenvalue weighted by molar-refractivity contribution is 7.89. The van der Waals surface area contributed by atoms with Gasteiger partial charge in [0.1, 0.15) is 11.9 Å². The van der Waals surface area contributed by atoms with E-state index in [4.69, 9.17) is 11.6 Å². The van der Waals surface area contributed by atoms with Crippen LogP contribution in [0.3, 0.4) is 0 Å². The lowest BCUT2D eigenvalue weighted by atomic mass is 9.86. The molecule has 2 saturated heterocycles. The highest BCUT2D eigenvalue weighted by Gasteiger charge is 2.41. The molecule has 0 aromatic heterocycles. The number of hydrogen-bond donors (Lipinski definition) is 1. The summed E-state index contributed by atoms with van der Waals surface area (Å²) in [6, 6.07) is 6.47. The standard InChI is InChI=1S/C25H25ClFN3O5S/c1-14-2-3-17(12-21(14)26)36(34,35)29-8-6-15(7-9-29)18-10-16(27)11-19-20(18)13-30(25(19)33)22-4-5-23(31)28-24(22)32/h2-3,10-12,15,22H,4-9,13H2,1H3,(H,28,31,32). The highest BCUT2D eigenvalue weighted by atomic mass is 35.5. The Hall–Kier alpha value is -2.82. The second kappa shape index (κ2) is 9.24. The minimum atomic E-state index is -3.73. The van der Waals surface area contributed by atoms with Crippen molar-refractivity contribution >= 4 is 39.3 Å². The van der Waals surface area contributed by atoms with Crippen LogP contribution < -0.4 is 5.32 Å². The Morgan fingerprint density at radius 2 is 1.78 bits per heavy atom. The molecule has 1 atom stereocenters. The molecule has 0 radical (unpaired) electrons. The fourth-order valence-corrected chi connectivity index (χ4v) is 7.05. The molecular weight excluding hydrogens is 509 g/mol. The Balaban J connectivity index is 1.36. The molecule has 36 heavy (non-hydrogen) atoms. The molecule has 2 aromatic carbocycles. The van der Waals surface area contributed by atoms with Crippen molar-refractivity contribution in [1.29, 1.82) is 0 Å². The molecule has 0 spiro atoms. The van der Waals surface area contributed by atoms with Gasteiger partial charge >= 0.3 is 0 Å². The van der Waals surface area contributed by atoms with E-state index in [1.807, 2.05) is 0 Å². The molecular formula is C25H25ClFN3O5S. The number of aryl methyl sites for hydroxylation is 1. The van der Waals surface area contributed by atoms with E-state index < -0.39 is 33.7 Å². The summed E-state index contributed by atoms with van der Waals surface area (Å²) in [6.07, 6.45) is 1.28. The number of sulfonamides is 1. The largest absolute Gasteiger partial charge is 0.322 e. The van der Waals surface area contributed by atoms with Crippen LogP contribution in [0.5, 0.6) is 0 Å². The van der Waals surface area contributed by atoms with Gasteiger partial charge in [0.05, 0.1) is 4.90 Å². The third-order valence-electron chi connectivity index (χ3n) is 7.33. The van der Waals surface area contributed by atoms with E-state index in [9.17, 15) is 27.2 Å². The van der Waals surface area contributed by atoms with E-state index in [1.165, 1.54) is 33.5 Å². The summed E-state index contributed by atoms with van der Waals surface area (Å²) >= 11 is 6.14. The van der Waals surface area contributed by atoms with E-state index >= 15 is 0 Å². The van der Waals surface area contributed by atoms with Gasteiger partial charge in [-0.15, -0.1) is 0 Å². The fraction of sp³-hybridized carbons (Fsp3) is 0.400. The van der Waals surface area contributed by atoms with Gasteiger partial charge in [-0.3, -0.25) is 19.7 Å². The second-order valence-corrected chi connectivity index (χ2v) is 11.9. The van der Waals surface area contributed by atoms with Crippen LogP contribution in [0.15, 0.2) is 35.2 Å². The number of fused-ring (bicyclic) bond motifs is 1. The molecule has 3 aliphatic heterocycles. The van der Waals surface area contributed by atoms with Gasteiger partial charge in [-0.2, -0.15) is 4.31 Å². The number of amides is 3. The van der Waals surface area contributed by atoms with Gasteiger partial charge < -0.3 is 4.90 Å². The first kappa shape index (κ1) is 24.9. The Morgan fingerprint density at radius 3 is 2.44 bits per heavy atom. The predicted octanol–water partition coefficient (Wildman–Crippen LogP) is 3.12. The van der Waals surface area contributed by atoms with Crippen LogP contribution in [0.2, 0.25) is 5.02 Å². The van der Waals surface area contributed by atoms with Crippen LogP contribution >= 0.6 is 11.6 Å². The summed E-state index contributed by atoms with van der Waals surface area (Å²) in [5.74, 6) is -2.02. The van der Waals surface area contributed by atoms with Crippen molar-refractivity contribution in [2.45, 2.75) is 56.0 Å². The predicted molar refractivity (Wildman–Crippen MR) is 129 cm³/mol. The average molecular weight is 534 g/mol. The molecule has 190 valence electrons. The Kier molecular flexibility index (Phi) is 6.38. The third-order valence-corrected chi connectivity index (χ3v) is 9.63. The number of rotatable bonds is 4. The van der Waals surface area contributed by atoms with Crippen LogP contribution in [-0.2, 0) is 26.2 Å². The van der Waals surface area contributed by atoms with Gasteiger partial charge in [-0.1, -0.05) is 17.7 Å². The average Bonchev–Trinajstić information content (AvgIpc) is 3.16. The number of benzene rings is 2. The first-order chi connectivity index (χ1) is 17.1. The smallest absolute Gasteiger partial charge is 0.255 e. The van der Waals surface area contributed by atoms with Crippen molar-refractivity contribution < 1.29 is 27.2 Å². The van der Waals surface area contributed by atoms with Gasteiger partial charge in [-0.25, -0.2) is 12.8 Å². The molecule has 3 heterocycles. The number of hydrogen-bond acceptors (Lipinski definition) is 5. The molecule has 2 aromatic rings. The number of imide groups is 1. The quantitative estimate of drug-likeness (QED) is 0.608. The first-order valence-corrected chi connectivity index (χ1v) is 13.6. The zero-order valence-corrected chi connectivity index (χ0v) is 21.2. The number of carbonyl (C=O) groups excluding carboxylic acids is 3. The van der Waals surface area contributed by atoms with Gasteiger partial charge in [0.2, 0.25) is 21.8 Å². The summed E-state index contributed by atoms with van der Waals surface area (Å²) < 4.78 is 42.3.